The number of rotatable bonds is 4. The second-order valence-electron chi connectivity index (χ2n) is 5.52. The third kappa shape index (κ3) is 2.93. The van der Waals surface area contributed by atoms with E-state index in [0.717, 1.165) is 27.8 Å². The molecular formula is C19H19NO3. The van der Waals surface area contributed by atoms with Gasteiger partial charge in [-0.15, -0.1) is 0 Å². The lowest BCUT2D eigenvalue weighted by molar-refractivity contribution is 0.0913. The number of methoxy groups -OCH3 is 1. The van der Waals surface area contributed by atoms with E-state index in [4.69, 9.17) is 9.15 Å². The van der Waals surface area contributed by atoms with Crippen LogP contribution in [0.3, 0.4) is 0 Å². The number of aryl methyl sites for hydroxylation is 1. The van der Waals surface area contributed by atoms with Gasteiger partial charge in [0, 0.05) is 10.9 Å². The normalized spacial score (nSPS) is 12.1. The first kappa shape index (κ1) is 15.2. The molecule has 1 aromatic heterocycles. The predicted molar refractivity (Wildman–Crippen MR) is 89.8 cm³/mol. The minimum Gasteiger partial charge on any atom is -0.497 e. The molecule has 0 aliphatic rings. The van der Waals surface area contributed by atoms with E-state index in [1.54, 1.807) is 7.11 Å². The highest BCUT2D eigenvalue weighted by molar-refractivity contribution is 5.99. The number of carbonyl (C=O) groups excluding carboxylic acids is 1. The van der Waals surface area contributed by atoms with Crippen LogP contribution >= 0.6 is 0 Å². The molecule has 23 heavy (non-hydrogen) atoms. The molecule has 3 rings (SSSR count). The average molecular weight is 309 g/mol. The van der Waals surface area contributed by atoms with Crippen LogP contribution in [0.2, 0.25) is 0 Å². The SMILES string of the molecule is COc1cccc(C(C)NC(=O)c2oc3ccccc3c2C)c1. The van der Waals surface area contributed by atoms with E-state index >= 15 is 0 Å². The topological polar surface area (TPSA) is 51.5 Å². The third-order valence-electron chi connectivity index (χ3n) is 3.99. The zero-order valence-corrected chi connectivity index (χ0v) is 13.4. The summed E-state index contributed by atoms with van der Waals surface area (Å²) in [4.78, 5) is 12.5. The Bertz CT molecular complexity index is 851. The Hall–Kier alpha value is -2.75. The van der Waals surface area contributed by atoms with Crippen molar-refractivity contribution < 1.29 is 13.9 Å². The van der Waals surface area contributed by atoms with Crippen molar-refractivity contribution in [2.24, 2.45) is 0 Å². The molecule has 1 N–H and O–H groups in total. The van der Waals surface area contributed by atoms with Crippen LogP contribution in [-0.2, 0) is 0 Å². The lowest BCUT2D eigenvalue weighted by atomic mass is 10.1. The zero-order chi connectivity index (χ0) is 16.4. The van der Waals surface area contributed by atoms with Crippen LogP contribution in [0.4, 0.5) is 0 Å². The molecule has 1 atom stereocenters. The van der Waals surface area contributed by atoms with Crippen LogP contribution in [-0.4, -0.2) is 13.0 Å². The van der Waals surface area contributed by atoms with E-state index in [9.17, 15) is 4.79 Å². The molecule has 0 spiro atoms. The van der Waals surface area contributed by atoms with Gasteiger partial charge in [-0.05, 0) is 37.6 Å². The summed E-state index contributed by atoms with van der Waals surface area (Å²) in [7, 11) is 1.63. The Morgan fingerprint density at radius 2 is 1.96 bits per heavy atom. The van der Waals surface area contributed by atoms with Crippen molar-refractivity contribution in [3.8, 4) is 5.75 Å². The molecule has 3 aromatic rings. The summed E-state index contributed by atoms with van der Waals surface area (Å²) in [5.74, 6) is 0.915. The highest BCUT2D eigenvalue weighted by atomic mass is 16.5. The lowest BCUT2D eigenvalue weighted by Crippen LogP contribution is -2.26. The maximum Gasteiger partial charge on any atom is 0.287 e. The van der Waals surface area contributed by atoms with Gasteiger partial charge in [-0.25, -0.2) is 0 Å². The number of hydrogen-bond acceptors (Lipinski definition) is 3. The molecule has 0 saturated carbocycles. The van der Waals surface area contributed by atoms with Crippen LogP contribution in [0.25, 0.3) is 11.0 Å². The molecule has 0 fully saturated rings. The summed E-state index contributed by atoms with van der Waals surface area (Å²) in [5, 5.41) is 3.94. The van der Waals surface area contributed by atoms with Gasteiger partial charge in [-0.1, -0.05) is 30.3 Å². The molecule has 0 aliphatic heterocycles. The van der Waals surface area contributed by atoms with E-state index in [1.165, 1.54) is 0 Å². The van der Waals surface area contributed by atoms with Gasteiger partial charge in [0.1, 0.15) is 11.3 Å². The van der Waals surface area contributed by atoms with Gasteiger partial charge in [0.2, 0.25) is 0 Å². The Balaban J connectivity index is 1.83. The quantitative estimate of drug-likeness (QED) is 0.784. The third-order valence-corrected chi connectivity index (χ3v) is 3.99. The maximum absolute atomic E-state index is 12.5. The van der Waals surface area contributed by atoms with Crippen LogP contribution in [0.5, 0.6) is 5.75 Å². The van der Waals surface area contributed by atoms with Gasteiger partial charge < -0.3 is 14.5 Å². The van der Waals surface area contributed by atoms with Crippen molar-refractivity contribution in [3.05, 3.63) is 65.4 Å². The number of fused-ring (bicyclic) bond motifs is 1. The molecule has 2 aromatic carbocycles. The standard InChI is InChI=1S/C19H19NO3/c1-12-16-9-4-5-10-17(16)23-18(12)19(21)20-13(2)14-7-6-8-15(11-14)22-3/h4-11,13H,1-3H3,(H,20,21). The Kier molecular flexibility index (Phi) is 4.06. The van der Waals surface area contributed by atoms with Crippen LogP contribution in [0.15, 0.2) is 52.9 Å². The number of ether oxygens (including phenoxy) is 1. The zero-order valence-electron chi connectivity index (χ0n) is 13.4. The number of furan rings is 1. The molecule has 4 nitrogen and oxygen atoms in total. The van der Waals surface area contributed by atoms with Crippen LogP contribution < -0.4 is 10.1 Å². The molecule has 1 amide bonds. The summed E-state index contributed by atoms with van der Waals surface area (Å²) < 4.78 is 10.9. The van der Waals surface area contributed by atoms with Gasteiger partial charge in [0.05, 0.1) is 13.2 Å². The smallest absolute Gasteiger partial charge is 0.287 e. The molecule has 0 bridgehead atoms. The second-order valence-corrected chi connectivity index (χ2v) is 5.52. The molecule has 1 unspecified atom stereocenters. The summed E-state index contributed by atoms with van der Waals surface area (Å²) in [5.41, 5.74) is 2.56. The number of benzene rings is 2. The lowest BCUT2D eigenvalue weighted by Gasteiger charge is -2.14. The minimum atomic E-state index is -0.214. The van der Waals surface area contributed by atoms with Gasteiger partial charge in [-0.2, -0.15) is 0 Å². The Labute approximate surface area is 135 Å². The minimum absolute atomic E-state index is 0.148. The Morgan fingerprint density at radius 1 is 1.17 bits per heavy atom. The molecule has 0 radical (unpaired) electrons. The first-order valence-electron chi connectivity index (χ1n) is 7.53. The first-order chi connectivity index (χ1) is 11.1. The summed E-state index contributed by atoms with van der Waals surface area (Å²) in [6.45, 7) is 3.83. The number of hydrogen-bond donors (Lipinski definition) is 1. The molecule has 1 heterocycles. The number of para-hydroxylation sites is 1. The van der Waals surface area contributed by atoms with E-state index in [1.807, 2.05) is 62.4 Å². The summed E-state index contributed by atoms with van der Waals surface area (Å²) >= 11 is 0. The maximum atomic E-state index is 12.5. The highest BCUT2D eigenvalue weighted by Gasteiger charge is 2.19. The van der Waals surface area contributed by atoms with E-state index in [0.29, 0.717) is 5.76 Å². The first-order valence-corrected chi connectivity index (χ1v) is 7.53. The molecule has 118 valence electrons. The van der Waals surface area contributed by atoms with E-state index in [-0.39, 0.29) is 11.9 Å². The molecule has 0 aliphatic carbocycles. The van der Waals surface area contributed by atoms with Crippen LogP contribution in [0, 0.1) is 6.92 Å². The van der Waals surface area contributed by atoms with Crippen molar-refractivity contribution in [1.29, 1.82) is 0 Å². The van der Waals surface area contributed by atoms with E-state index < -0.39 is 0 Å². The van der Waals surface area contributed by atoms with Gasteiger partial charge >= 0.3 is 0 Å². The van der Waals surface area contributed by atoms with Crippen molar-refractivity contribution in [2.75, 3.05) is 7.11 Å². The average Bonchev–Trinajstić information content (AvgIpc) is 2.92. The number of amides is 1. The fraction of sp³-hybridized carbons (Fsp3) is 0.211. The summed E-state index contributed by atoms with van der Waals surface area (Å²) in [6, 6.07) is 15.2. The van der Waals surface area contributed by atoms with Crippen molar-refractivity contribution in [2.45, 2.75) is 19.9 Å². The van der Waals surface area contributed by atoms with Crippen molar-refractivity contribution in [1.82, 2.24) is 5.32 Å². The number of nitrogens with one attached hydrogen (secondary N) is 1. The molecular weight excluding hydrogens is 290 g/mol. The summed E-state index contributed by atoms with van der Waals surface area (Å²) in [6.07, 6.45) is 0. The highest BCUT2D eigenvalue weighted by Crippen LogP contribution is 2.26. The largest absolute Gasteiger partial charge is 0.497 e. The number of carbonyl (C=O) groups is 1. The van der Waals surface area contributed by atoms with E-state index in [2.05, 4.69) is 5.32 Å². The van der Waals surface area contributed by atoms with Crippen LogP contribution in [0.1, 0.15) is 34.6 Å². The van der Waals surface area contributed by atoms with Gasteiger partial charge in [0.15, 0.2) is 5.76 Å². The second kappa shape index (κ2) is 6.16. The monoisotopic (exact) mass is 309 g/mol. The molecule has 0 saturated heterocycles. The Morgan fingerprint density at radius 3 is 2.70 bits per heavy atom. The fourth-order valence-corrected chi connectivity index (χ4v) is 2.65. The van der Waals surface area contributed by atoms with Crippen molar-refractivity contribution in [3.63, 3.8) is 0 Å². The predicted octanol–water partition coefficient (Wildman–Crippen LogP) is 4.24. The van der Waals surface area contributed by atoms with Crippen molar-refractivity contribution >= 4 is 16.9 Å². The molecule has 4 heteroatoms. The van der Waals surface area contributed by atoms with Gasteiger partial charge in [0.25, 0.3) is 5.91 Å². The fourth-order valence-electron chi connectivity index (χ4n) is 2.65. The van der Waals surface area contributed by atoms with Gasteiger partial charge in [-0.3, -0.25) is 4.79 Å².